The average molecular weight is 524 g/mol. The number of nitrogens with zero attached hydrogens (tertiary/aromatic N) is 2. The molecule has 1 amide bonds. The number of halogens is 1. The van der Waals surface area contributed by atoms with Gasteiger partial charge in [-0.3, -0.25) is 9.78 Å². The van der Waals surface area contributed by atoms with E-state index in [0.717, 1.165) is 66.2 Å². The van der Waals surface area contributed by atoms with Gasteiger partial charge in [-0.2, -0.15) is 0 Å². The zero-order valence-electron chi connectivity index (χ0n) is 20.8. The van der Waals surface area contributed by atoms with Gasteiger partial charge in [-0.05, 0) is 73.9 Å². The maximum absolute atomic E-state index is 13.2. The van der Waals surface area contributed by atoms with Crippen molar-refractivity contribution in [3.8, 4) is 22.6 Å². The highest BCUT2D eigenvalue weighted by Gasteiger charge is 2.33. The average Bonchev–Trinajstić information content (AvgIpc) is 3.75. The van der Waals surface area contributed by atoms with Crippen LogP contribution in [0.5, 0.6) is 11.5 Å². The number of Topliss-reactive ketones (excluding diaryl/α,β-unsaturated/α-hetero) is 1. The summed E-state index contributed by atoms with van der Waals surface area (Å²) in [5, 5.41) is 24.2. The largest absolute Gasteiger partial charge is 0.503 e. The minimum atomic E-state index is -0.910. The molecule has 2 aliphatic carbocycles. The second-order valence-electron chi connectivity index (χ2n) is 9.97. The normalized spacial score (nSPS) is 19.4. The van der Waals surface area contributed by atoms with Gasteiger partial charge in [-0.25, -0.2) is 4.79 Å². The van der Waals surface area contributed by atoms with Crippen molar-refractivity contribution >= 4 is 40.1 Å². The molecule has 194 valence electrons. The first-order valence-electron chi connectivity index (χ1n) is 12.5. The predicted octanol–water partition coefficient (Wildman–Crippen LogP) is 6.20. The highest BCUT2D eigenvalue weighted by Crippen LogP contribution is 2.41. The van der Waals surface area contributed by atoms with Gasteiger partial charge in [0.25, 0.3) is 0 Å². The molecule has 5 rings (SSSR count). The number of methoxy groups -OCH3 is 1. The van der Waals surface area contributed by atoms with E-state index in [1.807, 2.05) is 18.2 Å². The summed E-state index contributed by atoms with van der Waals surface area (Å²) < 4.78 is 5.28. The van der Waals surface area contributed by atoms with Gasteiger partial charge in [0.15, 0.2) is 17.3 Å². The van der Waals surface area contributed by atoms with E-state index < -0.39 is 6.09 Å². The number of nitrogens with one attached hydrogen (secondary N) is 1. The van der Waals surface area contributed by atoms with Gasteiger partial charge in [0.2, 0.25) is 0 Å². The summed E-state index contributed by atoms with van der Waals surface area (Å²) in [6.07, 6.45) is 5.67. The molecule has 2 saturated carbocycles. The van der Waals surface area contributed by atoms with E-state index in [1.54, 1.807) is 25.4 Å². The van der Waals surface area contributed by atoms with Crippen molar-refractivity contribution in [2.24, 2.45) is 5.92 Å². The van der Waals surface area contributed by atoms with Crippen molar-refractivity contribution in [2.45, 2.75) is 50.6 Å². The third-order valence-corrected chi connectivity index (χ3v) is 7.85. The summed E-state index contributed by atoms with van der Waals surface area (Å²) in [6.45, 7) is 0. The van der Waals surface area contributed by atoms with Gasteiger partial charge in [0.05, 0.1) is 28.9 Å². The number of hydrogen-bond donors (Lipinski definition) is 3. The third kappa shape index (κ3) is 5.03. The molecule has 9 heteroatoms. The summed E-state index contributed by atoms with van der Waals surface area (Å²) in [5.41, 5.74) is 3.74. The molecule has 3 N–H and O–H groups in total. The number of phenols is 1. The summed E-state index contributed by atoms with van der Waals surface area (Å²) in [7, 11) is 3.09. The van der Waals surface area contributed by atoms with Gasteiger partial charge in [0, 0.05) is 36.6 Å². The van der Waals surface area contributed by atoms with Crippen LogP contribution in [0.15, 0.2) is 36.5 Å². The number of aromatic nitrogens is 1. The van der Waals surface area contributed by atoms with Crippen LogP contribution in [-0.2, 0) is 0 Å². The molecule has 37 heavy (non-hydrogen) atoms. The Bertz CT molecular complexity index is 1370. The van der Waals surface area contributed by atoms with Crippen LogP contribution in [0, 0.1) is 5.92 Å². The Morgan fingerprint density at radius 2 is 1.81 bits per heavy atom. The second-order valence-corrected chi connectivity index (χ2v) is 10.4. The minimum absolute atomic E-state index is 0.00173. The molecule has 3 aromatic rings. The van der Waals surface area contributed by atoms with E-state index >= 15 is 0 Å². The number of ketones is 1. The number of hydrogen-bond acceptors (Lipinski definition) is 6. The first-order valence-corrected chi connectivity index (χ1v) is 12.9. The Morgan fingerprint density at radius 1 is 1.08 bits per heavy atom. The monoisotopic (exact) mass is 523 g/mol. The molecule has 0 bridgehead atoms. The molecule has 0 spiro atoms. The maximum Gasteiger partial charge on any atom is 0.407 e. The SMILES string of the molecule is COc1cc(-c2ccc3ncc(C(=O)C4CC4)c(NC4CCC(N(C)C(=O)O)CC4)c3c2)cc(Cl)c1O. The Labute approximate surface area is 220 Å². The number of amides is 1. The summed E-state index contributed by atoms with van der Waals surface area (Å²) in [6, 6.07) is 9.34. The number of carbonyl (C=O) groups is 2. The van der Waals surface area contributed by atoms with E-state index in [0.29, 0.717) is 5.56 Å². The van der Waals surface area contributed by atoms with Gasteiger partial charge in [-0.15, -0.1) is 0 Å². The molecule has 2 aliphatic rings. The first kappa shape index (κ1) is 25.1. The maximum atomic E-state index is 13.2. The number of phenolic OH excluding ortho intramolecular Hbond substituents is 1. The van der Waals surface area contributed by atoms with E-state index in [2.05, 4.69) is 10.3 Å². The number of ether oxygens (including phenoxy) is 1. The van der Waals surface area contributed by atoms with Gasteiger partial charge in [-0.1, -0.05) is 17.7 Å². The fourth-order valence-corrected chi connectivity index (χ4v) is 5.35. The molecule has 0 atom stereocenters. The van der Waals surface area contributed by atoms with Crippen LogP contribution in [0.1, 0.15) is 48.9 Å². The zero-order chi connectivity index (χ0) is 26.3. The van der Waals surface area contributed by atoms with E-state index in [9.17, 15) is 19.8 Å². The Balaban J connectivity index is 1.53. The van der Waals surface area contributed by atoms with Crippen molar-refractivity contribution in [3.05, 3.63) is 47.1 Å². The standard InChI is InChI=1S/C28H30ClN3O5/c1-32(28(35)36)19-8-6-18(7-9-19)31-25-20-11-16(17-12-22(29)27(34)24(13-17)37-2)5-10-23(20)30-14-21(25)26(33)15-3-4-15/h5,10-15,18-19,34H,3-4,6-9H2,1-2H3,(H,30,31)(H,35,36). The van der Waals surface area contributed by atoms with Crippen LogP contribution in [0.2, 0.25) is 5.02 Å². The van der Waals surface area contributed by atoms with Crippen molar-refractivity contribution in [3.63, 3.8) is 0 Å². The molecule has 2 fully saturated rings. The summed E-state index contributed by atoms with van der Waals surface area (Å²) >= 11 is 6.25. The molecule has 8 nitrogen and oxygen atoms in total. The Hall–Kier alpha value is -3.52. The molecule has 2 aromatic carbocycles. The van der Waals surface area contributed by atoms with Crippen LogP contribution < -0.4 is 10.1 Å². The lowest BCUT2D eigenvalue weighted by atomic mass is 9.89. The molecule has 1 aromatic heterocycles. The fraction of sp³-hybridized carbons (Fsp3) is 0.393. The molecule has 1 heterocycles. The minimum Gasteiger partial charge on any atom is -0.503 e. The zero-order valence-corrected chi connectivity index (χ0v) is 21.6. The van der Waals surface area contributed by atoms with Gasteiger partial charge in [0.1, 0.15) is 0 Å². The number of carboxylic acid groups (broad SMARTS) is 1. The van der Waals surface area contributed by atoms with E-state index in [4.69, 9.17) is 16.3 Å². The molecule has 0 radical (unpaired) electrons. The number of aromatic hydroxyl groups is 1. The summed E-state index contributed by atoms with van der Waals surface area (Å²) in [5.74, 6) is 0.318. The van der Waals surface area contributed by atoms with Crippen LogP contribution in [0.4, 0.5) is 10.5 Å². The highest BCUT2D eigenvalue weighted by atomic mass is 35.5. The van der Waals surface area contributed by atoms with Gasteiger partial charge < -0.3 is 25.2 Å². The van der Waals surface area contributed by atoms with Gasteiger partial charge >= 0.3 is 6.09 Å². The predicted molar refractivity (Wildman–Crippen MR) is 143 cm³/mol. The third-order valence-electron chi connectivity index (χ3n) is 7.56. The highest BCUT2D eigenvalue weighted by molar-refractivity contribution is 6.32. The quantitative estimate of drug-likeness (QED) is 0.316. The van der Waals surface area contributed by atoms with Crippen LogP contribution in [-0.4, -0.2) is 58.2 Å². The molecule has 0 aliphatic heterocycles. The smallest absolute Gasteiger partial charge is 0.407 e. The number of anilines is 1. The number of carbonyl (C=O) groups excluding carboxylic acids is 1. The van der Waals surface area contributed by atoms with Crippen LogP contribution in [0.25, 0.3) is 22.0 Å². The summed E-state index contributed by atoms with van der Waals surface area (Å²) in [4.78, 5) is 30.6. The van der Waals surface area contributed by atoms with Crippen LogP contribution in [0.3, 0.4) is 0 Å². The molecular formula is C28H30ClN3O5. The lowest BCUT2D eigenvalue weighted by molar-refractivity contribution is 0.0967. The Morgan fingerprint density at radius 3 is 2.46 bits per heavy atom. The van der Waals surface area contributed by atoms with Crippen LogP contribution >= 0.6 is 11.6 Å². The lowest BCUT2D eigenvalue weighted by Gasteiger charge is -2.34. The van der Waals surface area contributed by atoms with Crippen molar-refractivity contribution in [1.82, 2.24) is 9.88 Å². The first-order chi connectivity index (χ1) is 17.8. The number of rotatable bonds is 7. The van der Waals surface area contributed by atoms with Crippen molar-refractivity contribution in [2.75, 3.05) is 19.5 Å². The number of benzene rings is 2. The van der Waals surface area contributed by atoms with Crippen molar-refractivity contribution in [1.29, 1.82) is 0 Å². The number of pyridine rings is 1. The van der Waals surface area contributed by atoms with E-state index in [1.165, 1.54) is 12.0 Å². The molecule has 0 unspecified atom stereocenters. The molecular weight excluding hydrogens is 494 g/mol. The lowest BCUT2D eigenvalue weighted by Crippen LogP contribution is -2.41. The molecule has 0 saturated heterocycles. The Kier molecular flexibility index (Phi) is 6.86. The number of fused-ring (bicyclic) bond motifs is 1. The van der Waals surface area contributed by atoms with E-state index in [-0.39, 0.29) is 40.3 Å². The fourth-order valence-electron chi connectivity index (χ4n) is 5.14. The van der Waals surface area contributed by atoms with Crippen molar-refractivity contribution < 1.29 is 24.5 Å². The topological polar surface area (TPSA) is 112 Å². The second kappa shape index (κ2) is 10.1.